The molecule has 0 atom stereocenters. The molecule has 4 nitrogen and oxygen atoms in total. The van der Waals surface area contributed by atoms with Gasteiger partial charge in [-0.2, -0.15) is 0 Å². The Morgan fingerprint density at radius 2 is 2.17 bits per heavy atom. The van der Waals surface area contributed by atoms with Gasteiger partial charge >= 0.3 is 0 Å². The number of aromatic nitrogens is 1. The van der Waals surface area contributed by atoms with Crippen molar-refractivity contribution in [3.63, 3.8) is 0 Å². The van der Waals surface area contributed by atoms with Crippen molar-refractivity contribution in [3.05, 3.63) is 24.1 Å². The summed E-state index contributed by atoms with van der Waals surface area (Å²) in [7, 11) is 1.64. The lowest BCUT2D eigenvalue weighted by molar-refractivity contribution is 0.384. The third kappa shape index (κ3) is 2.08. The molecule has 0 unspecified atom stereocenters. The van der Waals surface area contributed by atoms with Crippen molar-refractivity contribution in [2.75, 3.05) is 7.11 Å². The van der Waals surface area contributed by atoms with Gasteiger partial charge in [0.15, 0.2) is 11.5 Å². The lowest BCUT2D eigenvalue weighted by atomic mass is 9.95. The van der Waals surface area contributed by atoms with E-state index in [0.29, 0.717) is 0 Å². The lowest BCUT2D eigenvalue weighted by Crippen LogP contribution is -2.38. The van der Waals surface area contributed by atoms with Crippen molar-refractivity contribution in [2.24, 2.45) is 5.73 Å². The molecular weight excluding hydrogens is 228 g/mol. The fourth-order valence-electron chi connectivity index (χ4n) is 2.71. The second-order valence-electron chi connectivity index (χ2n) is 5.19. The molecule has 1 fully saturated rings. The normalized spacial score (nSPS) is 18.3. The molecule has 1 heterocycles. The molecule has 3 rings (SSSR count). The van der Waals surface area contributed by atoms with Crippen LogP contribution in [0.15, 0.2) is 22.6 Å². The molecule has 1 aliphatic carbocycles. The highest BCUT2D eigenvalue weighted by Gasteiger charge is 2.31. The van der Waals surface area contributed by atoms with Gasteiger partial charge in [-0.15, -0.1) is 0 Å². The van der Waals surface area contributed by atoms with Gasteiger partial charge in [0.05, 0.1) is 7.11 Å². The Hall–Kier alpha value is -1.55. The first kappa shape index (κ1) is 11.5. The summed E-state index contributed by atoms with van der Waals surface area (Å²) in [6.07, 6.45) is 5.28. The Morgan fingerprint density at radius 3 is 2.89 bits per heavy atom. The predicted octanol–water partition coefficient (Wildman–Crippen LogP) is 2.65. The summed E-state index contributed by atoms with van der Waals surface area (Å²) in [5.74, 6) is 1.52. The fraction of sp³-hybridized carbons (Fsp3) is 0.500. The number of fused-ring (bicyclic) bond motifs is 1. The molecule has 18 heavy (non-hydrogen) atoms. The van der Waals surface area contributed by atoms with Crippen molar-refractivity contribution in [1.82, 2.24) is 4.98 Å². The van der Waals surface area contributed by atoms with E-state index in [1.165, 1.54) is 12.8 Å². The summed E-state index contributed by atoms with van der Waals surface area (Å²) in [5, 5.41) is 0. The van der Waals surface area contributed by atoms with Crippen LogP contribution < -0.4 is 10.5 Å². The van der Waals surface area contributed by atoms with Crippen LogP contribution in [-0.2, 0) is 6.42 Å². The molecule has 1 aromatic carbocycles. The molecule has 1 aromatic heterocycles. The maximum Gasteiger partial charge on any atom is 0.197 e. The summed E-state index contributed by atoms with van der Waals surface area (Å²) < 4.78 is 10.9. The number of ether oxygens (including phenoxy) is 1. The van der Waals surface area contributed by atoms with E-state index < -0.39 is 0 Å². The van der Waals surface area contributed by atoms with E-state index in [1.807, 2.05) is 18.2 Å². The van der Waals surface area contributed by atoms with Gasteiger partial charge in [-0.25, -0.2) is 4.98 Å². The number of methoxy groups -OCH3 is 1. The van der Waals surface area contributed by atoms with Crippen molar-refractivity contribution in [2.45, 2.75) is 37.6 Å². The molecular formula is C14H18N2O2. The largest absolute Gasteiger partial charge is 0.497 e. The molecule has 96 valence electrons. The zero-order chi connectivity index (χ0) is 12.6. The van der Waals surface area contributed by atoms with Crippen molar-refractivity contribution >= 4 is 11.1 Å². The SMILES string of the molecule is COc1ccc2nc(CC3(N)CCCC3)oc2c1. The number of hydrogen-bond acceptors (Lipinski definition) is 4. The maximum absolute atomic E-state index is 6.34. The van der Waals surface area contributed by atoms with Gasteiger partial charge in [0.1, 0.15) is 11.3 Å². The monoisotopic (exact) mass is 246 g/mol. The van der Waals surface area contributed by atoms with Gasteiger partial charge in [0.25, 0.3) is 0 Å². The minimum Gasteiger partial charge on any atom is -0.497 e. The molecule has 0 saturated heterocycles. The molecule has 2 N–H and O–H groups in total. The Balaban J connectivity index is 1.88. The van der Waals surface area contributed by atoms with E-state index in [2.05, 4.69) is 4.98 Å². The standard InChI is InChI=1S/C14H18N2O2/c1-17-10-4-5-11-12(8-10)18-13(16-11)9-14(15)6-2-3-7-14/h4-5,8H,2-3,6-7,9,15H2,1H3. The Bertz CT molecular complexity index is 556. The minimum atomic E-state index is -0.120. The number of rotatable bonds is 3. The van der Waals surface area contributed by atoms with Crippen LogP contribution in [0.1, 0.15) is 31.6 Å². The van der Waals surface area contributed by atoms with Crippen molar-refractivity contribution in [3.8, 4) is 5.75 Å². The second kappa shape index (κ2) is 4.28. The Kier molecular flexibility index (Phi) is 2.74. The van der Waals surface area contributed by atoms with E-state index in [-0.39, 0.29) is 5.54 Å². The maximum atomic E-state index is 6.34. The molecule has 0 spiro atoms. The van der Waals surface area contributed by atoms with Crippen LogP contribution in [0, 0.1) is 0 Å². The quantitative estimate of drug-likeness (QED) is 0.904. The van der Waals surface area contributed by atoms with Crippen LogP contribution in [0.5, 0.6) is 5.75 Å². The number of benzene rings is 1. The molecule has 1 aliphatic rings. The van der Waals surface area contributed by atoms with Crippen molar-refractivity contribution < 1.29 is 9.15 Å². The molecule has 0 amide bonds. The third-order valence-corrected chi connectivity index (χ3v) is 3.74. The number of nitrogens with zero attached hydrogens (tertiary/aromatic N) is 1. The van der Waals surface area contributed by atoms with Crippen molar-refractivity contribution in [1.29, 1.82) is 0 Å². The van der Waals surface area contributed by atoms with E-state index in [4.69, 9.17) is 14.9 Å². The zero-order valence-electron chi connectivity index (χ0n) is 10.6. The second-order valence-corrected chi connectivity index (χ2v) is 5.19. The van der Waals surface area contributed by atoms with Crippen LogP contribution in [0.3, 0.4) is 0 Å². The predicted molar refractivity (Wildman–Crippen MR) is 69.7 cm³/mol. The molecule has 4 heteroatoms. The highest BCUT2D eigenvalue weighted by molar-refractivity contribution is 5.74. The number of oxazole rings is 1. The molecule has 2 aromatic rings. The summed E-state index contributed by atoms with van der Waals surface area (Å²) >= 11 is 0. The van der Waals surface area contributed by atoms with Gasteiger partial charge in [-0.3, -0.25) is 0 Å². The van der Waals surface area contributed by atoms with Crippen LogP contribution in [0.25, 0.3) is 11.1 Å². The average Bonchev–Trinajstić information content (AvgIpc) is 2.94. The Morgan fingerprint density at radius 1 is 1.39 bits per heavy atom. The minimum absolute atomic E-state index is 0.120. The summed E-state index contributed by atoms with van der Waals surface area (Å²) in [5.41, 5.74) is 7.86. The first-order valence-corrected chi connectivity index (χ1v) is 6.41. The van der Waals surface area contributed by atoms with Gasteiger partial charge in [0, 0.05) is 18.0 Å². The van der Waals surface area contributed by atoms with Crippen LogP contribution >= 0.6 is 0 Å². The first-order chi connectivity index (χ1) is 8.68. The average molecular weight is 246 g/mol. The fourth-order valence-corrected chi connectivity index (χ4v) is 2.71. The summed E-state index contributed by atoms with van der Waals surface area (Å²) in [6.45, 7) is 0. The molecule has 0 aliphatic heterocycles. The summed E-state index contributed by atoms with van der Waals surface area (Å²) in [4.78, 5) is 4.49. The summed E-state index contributed by atoms with van der Waals surface area (Å²) in [6, 6.07) is 5.67. The van der Waals surface area contributed by atoms with Gasteiger partial charge in [0.2, 0.25) is 0 Å². The highest BCUT2D eigenvalue weighted by Crippen LogP contribution is 2.31. The van der Waals surface area contributed by atoms with E-state index in [9.17, 15) is 0 Å². The topological polar surface area (TPSA) is 61.3 Å². The van der Waals surface area contributed by atoms with E-state index in [1.54, 1.807) is 7.11 Å². The Labute approximate surface area is 106 Å². The van der Waals surface area contributed by atoms with Crippen LogP contribution in [0.2, 0.25) is 0 Å². The van der Waals surface area contributed by atoms with Gasteiger partial charge in [-0.1, -0.05) is 12.8 Å². The molecule has 0 radical (unpaired) electrons. The van der Waals surface area contributed by atoms with Crippen LogP contribution in [-0.4, -0.2) is 17.6 Å². The molecule has 1 saturated carbocycles. The van der Waals surface area contributed by atoms with Gasteiger partial charge < -0.3 is 14.9 Å². The first-order valence-electron chi connectivity index (χ1n) is 6.41. The van der Waals surface area contributed by atoms with Gasteiger partial charge in [-0.05, 0) is 25.0 Å². The lowest BCUT2D eigenvalue weighted by Gasteiger charge is -2.20. The number of nitrogens with two attached hydrogens (primary N) is 1. The zero-order valence-corrected chi connectivity index (χ0v) is 10.6. The molecule has 0 bridgehead atoms. The van der Waals surface area contributed by atoms with E-state index in [0.717, 1.165) is 42.0 Å². The highest BCUT2D eigenvalue weighted by atomic mass is 16.5. The number of hydrogen-bond donors (Lipinski definition) is 1. The van der Waals surface area contributed by atoms with E-state index >= 15 is 0 Å². The van der Waals surface area contributed by atoms with Crippen LogP contribution in [0.4, 0.5) is 0 Å². The third-order valence-electron chi connectivity index (χ3n) is 3.74. The smallest absolute Gasteiger partial charge is 0.197 e.